The van der Waals surface area contributed by atoms with Crippen molar-refractivity contribution in [2.75, 3.05) is 45.3 Å². The number of piperazine rings is 1. The highest BCUT2D eigenvalue weighted by Gasteiger charge is 2.33. The van der Waals surface area contributed by atoms with Crippen LogP contribution in [-0.4, -0.2) is 69.2 Å². The molecule has 0 aliphatic carbocycles. The summed E-state index contributed by atoms with van der Waals surface area (Å²) in [5, 5.41) is 9.22. The topological polar surface area (TPSA) is 109 Å². The zero-order valence-corrected chi connectivity index (χ0v) is 18.6. The molecule has 0 unspecified atom stereocenters. The Kier molecular flexibility index (Phi) is 7.03. The number of hydrogen-bond acceptors (Lipinski definition) is 7. The van der Waals surface area contributed by atoms with Gasteiger partial charge in [0.1, 0.15) is 5.82 Å². The van der Waals surface area contributed by atoms with E-state index in [0.29, 0.717) is 5.82 Å². The van der Waals surface area contributed by atoms with Gasteiger partial charge in [-0.2, -0.15) is 17.5 Å². The third-order valence-corrected chi connectivity index (χ3v) is 7.14. The van der Waals surface area contributed by atoms with Crippen molar-refractivity contribution in [3.8, 4) is 11.5 Å². The number of pyridine rings is 1. The second kappa shape index (κ2) is 9.43. The van der Waals surface area contributed by atoms with Gasteiger partial charge in [-0.25, -0.2) is 13.4 Å². The Morgan fingerprint density at radius 1 is 1.09 bits per heavy atom. The monoisotopic (exact) mass is 489 g/mol. The van der Waals surface area contributed by atoms with Gasteiger partial charge in [0.2, 0.25) is 10.0 Å². The minimum absolute atomic E-state index is 0.0336. The van der Waals surface area contributed by atoms with Crippen LogP contribution in [0.3, 0.4) is 0 Å². The lowest BCUT2D eigenvalue weighted by Crippen LogP contribution is -2.49. The molecule has 0 radical (unpaired) electrons. The summed E-state index contributed by atoms with van der Waals surface area (Å²) < 4.78 is 76.4. The molecular weight excluding hydrogens is 467 g/mol. The van der Waals surface area contributed by atoms with E-state index in [-0.39, 0.29) is 48.1 Å². The van der Waals surface area contributed by atoms with Gasteiger partial charge in [-0.15, -0.1) is 0 Å². The summed E-state index contributed by atoms with van der Waals surface area (Å²) in [4.78, 5) is 16.6. The number of anilines is 1. The summed E-state index contributed by atoms with van der Waals surface area (Å²) in [6.07, 6.45) is -4.30. The van der Waals surface area contributed by atoms with E-state index in [4.69, 9.17) is 9.47 Å². The molecule has 1 aliphatic heterocycles. The lowest BCUT2D eigenvalue weighted by atomic mass is 10.1. The van der Waals surface area contributed by atoms with Crippen molar-refractivity contribution in [2.24, 2.45) is 0 Å². The van der Waals surface area contributed by atoms with Crippen LogP contribution in [0.25, 0.3) is 0 Å². The smallest absolute Gasteiger partial charge is 0.417 e. The first kappa shape index (κ1) is 24.6. The van der Waals surface area contributed by atoms with Crippen LogP contribution in [0, 0.1) is 0 Å². The predicted molar refractivity (Wildman–Crippen MR) is 111 cm³/mol. The van der Waals surface area contributed by atoms with Crippen molar-refractivity contribution in [3.63, 3.8) is 0 Å². The number of carboxylic acid groups (broad SMARTS) is 1. The Bertz CT molecular complexity index is 1120. The fraction of sp³-hybridized carbons (Fsp3) is 0.400. The highest BCUT2D eigenvalue weighted by Crippen LogP contribution is 2.35. The average molecular weight is 489 g/mol. The van der Waals surface area contributed by atoms with E-state index in [2.05, 4.69) is 4.98 Å². The number of nitrogens with zero attached hydrogens (tertiary/aromatic N) is 3. The van der Waals surface area contributed by atoms with Gasteiger partial charge in [0.15, 0.2) is 11.5 Å². The highest BCUT2D eigenvalue weighted by molar-refractivity contribution is 7.89. The maximum atomic E-state index is 13.3. The number of rotatable bonds is 7. The first-order valence-corrected chi connectivity index (χ1v) is 11.2. The summed E-state index contributed by atoms with van der Waals surface area (Å²) in [6.45, 7) is 0.454. The molecule has 1 aromatic heterocycles. The molecule has 0 amide bonds. The molecule has 0 atom stereocenters. The SMILES string of the molecule is COc1cc(CC(=O)O)c(S(=O)(=O)N2CCN(c3ccc(C(F)(F)F)cn3)CC2)cc1OC. The molecule has 1 saturated heterocycles. The number of methoxy groups -OCH3 is 2. The van der Waals surface area contributed by atoms with Gasteiger partial charge in [0.25, 0.3) is 0 Å². The molecule has 2 aromatic rings. The van der Waals surface area contributed by atoms with Crippen LogP contribution in [-0.2, 0) is 27.4 Å². The van der Waals surface area contributed by atoms with Crippen molar-refractivity contribution < 1.29 is 41.0 Å². The van der Waals surface area contributed by atoms with E-state index < -0.39 is 34.2 Å². The fourth-order valence-corrected chi connectivity index (χ4v) is 5.12. The number of benzene rings is 1. The van der Waals surface area contributed by atoms with Gasteiger partial charge < -0.3 is 19.5 Å². The number of carboxylic acids is 1. The zero-order chi connectivity index (χ0) is 24.4. The zero-order valence-electron chi connectivity index (χ0n) is 17.8. The van der Waals surface area contributed by atoms with Crippen molar-refractivity contribution in [1.29, 1.82) is 0 Å². The number of sulfonamides is 1. The number of halogens is 3. The highest BCUT2D eigenvalue weighted by atomic mass is 32.2. The number of alkyl halides is 3. The molecule has 13 heteroatoms. The summed E-state index contributed by atoms with van der Waals surface area (Å²) in [6, 6.07) is 4.72. The Morgan fingerprint density at radius 3 is 2.18 bits per heavy atom. The van der Waals surface area contributed by atoms with Crippen LogP contribution in [0.15, 0.2) is 35.4 Å². The van der Waals surface area contributed by atoms with Crippen LogP contribution in [0.2, 0.25) is 0 Å². The van der Waals surface area contributed by atoms with Gasteiger partial charge >= 0.3 is 12.1 Å². The second-order valence-corrected chi connectivity index (χ2v) is 9.09. The van der Waals surface area contributed by atoms with Gasteiger partial charge in [0.05, 0.1) is 31.1 Å². The molecule has 0 bridgehead atoms. The molecule has 9 nitrogen and oxygen atoms in total. The second-order valence-electron chi connectivity index (χ2n) is 7.18. The quantitative estimate of drug-likeness (QED) is 0.631. The van der Waals surface area contributed by atoms with Crippen LogP contribution >= 0.6 is 0 Å². The summed E-state index contributed by atoms with van der Waals surface area (Å²) in [7, 11) is -1.40. The maximum absolute atomic E-state index is 13.3. The number of hydrogen-bond donors (Lipinski definition) is 1. The molecule has 3 rings (SSSR count). The molecule has 1 N–H and O–H groups in total. The van der Waals surface area contributed by atoms with E-state index >= 15 is 0 Å². The molecule has 1 aromatic carbocycles. The molecule has 1 aliphatic rings. The summed E-state index contributed by atoms with van der Waals surface area (Å²) in [5.74, 6) is -0.571. The average Bonchev–Trinajstić information content (AvgIpc) is 2.77. The third-order valence-electron chi connectivity index (χ3n) is 5.16. The number of aliphatic carboxylic acids is 1. The Balaban J connectivity index is 1.83. The van der Waals surface area contributed by atoms with Crippen molar-refractivity contribution in [2.45, 2.75) is 17.5 Å². The molecule has 2 heterocycles. The van der Waals surface area contributed by atoms with Crippen LogP contribution < -0.4 is 14.4 Å². The number of ether oxygens (including phenoxy) is 2. The molecule has 1 fully saturated rings. The summed E-state index contributed by atoms with van der Waals surface area (Å²) in [5.41, 5.74) is -0.820. The Labute approximate surface area is 188 Å². The van der Waals surface area contributed by atoms with Gasteiger partial charge in [-0.05, 0) is 23.8 Å². The summed E-state index contributed by atoms with van der Waals surface area (Å²) >= 11 is 0. The normalized spacial score (nSPS) is 15.4. The van der Waals surface area contributed by atoms with Crippen LogP contribution in [0.5, 0.6) is 11.5 Å². The van der Waals surface area contributed by atoms with E-state index in [1.165, 1.54) is 36.7 Å². The van der Waals surface area contributed by atoms with Crippen molar-refractivity contribution in [1.82, 2.24) is 9.29 Å². The van der Waals surface area contributed by atoms with E-state index in [1.807, 2.05) is 0 Å². The van der Waals surface area contributed by atoms with Crippen LogP contribution in [0.4, 0.5) is 19.0 Å². The molecule has 0 saturated carbocycles. The minimum atomic E-state index is -4.49. The van der Waals surface area contributed by atoms with E-state index in [1.54, 1.807) is 4.90 Å². The third kappa shape index (κ3) is 5.30. The number of aromatic nitrogens is 1. The first-order chi connectivity index (χ1) is 15.5. The van der Waals surface area contributed by atoms with Gasteiger partial charge in [-0.3, -0.25) is 4.79 Å². The molecule has 0 spiro atoms. The lowest BCUT2D eigenvalue weighted by Gasteiger charge is -2.35. The molecule has 33 heavy (non-hydrogen) atoms. The Hall–Kier alpha value is -3.06. The Morgan fingerprint density at radius 2 is 1.70 bits per heavy atom. The van der Waals surface area contributed by atoms with Gasteiger partial charge in [-0.1, -0.05) is 0 Å². The van der Waals surface area contributed by atoms with Crippen LogP contribution in [0.1, 0.15) is 11.1 Å². The van der Waals surface area contributed by atoms with E-state index in [9.17, 15) is 31.5 Å². The van der Waals surface area contributed by atoms with Crippen molar-refractivity contribution >= 4 is 21.8 Å². The van der Waals surface area contributed by atoms with E-state index in [0.717, 1.165) is 12.3 Å². The maximum Gasteiger partial charge on any atom is 0.417 e. The van der Waals surface area contributed by atoms with Gasteiger partial charge in [0, 0.05) is 38.4 Å². The molecule has 180 valence electrons. The standard InChI is InChI=1S/C20H22F3N3O6S/c1-31-15-9-13(10-19(27)28)17(11-16(15)32-2)33(29,30)26-7-5-25(6-8-26)18-4-3-14(12-24-18)20(21,22)23/h3-4,9,11-12H,5-8,10H2,1-2H3,(H,27,28). The molecular formula is C20H22F3N3O6S. The number of carbonyl (C=O) groups is 1. The van der Waals surface area contributed by atoms with Crippen molar-refractivity contribution in [3.05, 3.63) is 41.6 Å². The minimum Gasteiger partial charge on any atom is -0.493 e. The fourth-order valence-electron chi connectivity index (χ4n) is 3.48. The first-order valence-electron chi connectivity index (χ1n) is 9.72. The largest absolute Gasteiger partial charge is 0.493 e. The predicted octanol–water partition coefficient (Wildman–Crippen LogP) is 2.26. The lowest BCUT2D eigenvalue weighted by molar-refractivity contribution is -0.138.